The van der Waals surface area contributed by atoms with Crippen LogP contribution in [0, 0.1) is 19.3 Å². The second-order valence-corrected chi connectivity index (χ2v) is 6.35. The van der Waals surface area contributed by atoms with E-state index in [-0.39, 0.29) is 29.5 Å². The fourth-order valence-electron chi connectivity index (χ4n) is 2.35. The van der Waals surface area contributed by atoms with Gasteiger partial charge in [0.1, 0.15) is 5.75 Å². The van der Waals surface area contributed by atoms with E-state index in [2.05, 4.69) is 4.74 Å². The molecule has 0 spiro atoms. The molecule has 4 nitrogen and oxygen atoms in total. The largest absolute Gasteiger partial charge is 0.434 e. The van der Waals surface area contributed by atoms with Gasteiger partial charge in [0.25, 0.3) is 5.91 Å². The highest BCUT2D eigenvalue weighted by atomic mass is 35.5. The number of ether oxygens (including phenoxy) is 1. The van der Waals surface area contributed by atoms with Crippen LogP contribution in [0.4, 0.5) is 8.78 Å². The quantitative estimate of drug-likeness (QED) is 0.855. The Kier molecular flexibility index (Phi) is 7.94. The Morgan fingerprint density at radius 2 is 1.78 bits per heavy atom. The van der Waals surface area contributed by atoms with Crippen molar-refractivity contribution in [1.82, 2.24) is 4.90 Å². The molecule has 1 aromatic rings. The molecular formula is C16H25ClF2N2O2. The Morgan fingerprint density at radius 1 is 1.30 bits per heavy atom. The van der Waals surface area contributed by atoms with Gasteiger partial charge in [-0.05, 0) is 49.1 Å². The SMILES string of the molecule is Cc1cc(C(=O)N(C)CC(C)(C)CN)cc(C)c1OC(F)F.Cl. The van der Waals surface area contributed by atoms with Crippen molar-refractivity contribution in [2.24, 2.45) is 11.1 Å². The number of alkyl halides is 2. The van der Waals surface area contributed by atoms with Gasteiger partial charge in [-0.3, -0.25) is 4.79 Å². The summed E-state index contributed by atoms with van der Waals surface area (Å²) < 4.78 is 29.3. The molecule has 1 aromatic carbocycles. The number of benzene rings is 1. The van der Waals surface area contributed by atoms with Gasteiger partial charge < -0.3 is 15.4 Å². The van der Waals surface area contributed by atoms with Gasteiger partial charge in [0.15, 0.2) is 0 Å². The molecule has 0 bridgehead atoms. The number of carbonyl (C=O) groups excluding carboxylic acids is 1. The molecule has 0 unspecified atom stereocenters. The van der Waals surface area contributed by atoms with Crippen molar-refractivity contribution in [2.75, 3.05) is 20.1 Å². The van der Waals surface area contributed by atoms with Crippen LogP contribution in [0.2, 0.25) is 0 Å². The van der Waals surface area contributed by atoms with Crippen molar-refractivity contribution in [3.8, 4) is 5.75 Å². The van der Waals surface area contributed by atoms with Gasteiger partial charge in [-0.15, -0.1) is 12.4 Å². The number of nitrogens with zero attached hydrogens (tertiary/aromatic N) is 1. The summed E-state index contributed by atoms with van der Waals surface area (Å²) in [5.41, 5.74) is 6.96. The number of amides is 1. The molecule has 0 aliphatic carbocycles. The third-order valence-corrected chi connectivity index (χ3v) is 3.48. The molecule has 0 saturated carbocycles. The van der Waals surface area contributed by atoms with Crippen LogP contribution < -0.4 is 10.5 Å². The molecule has 0 aromatic heterocycles. The fraction of sp³-hybridized carbons (Fsp3) is 0.562. The van der Waals surface area contributed by atoms with Gasteiger partial charge >= 0.3 is 6.61 Å². The average Bonchev–Trinajstić information content (AvgIpc) is 2.41. The van der Waals surface area contributed by atoms with Gasteiger partial charge in [0.2, 0.25) is 0 Å². The number of rotatable bonds is 6. The number of halogens is 3. The summed E-state index contributed by atoms with van der Waals surface area (Å²) in [6, 6.07) is 3.14. The van der Waals surface area contributed by atoms with Crippen molar-refractivity contribution in [3.63, 3.8) is 0 Å². The van der Waals surface area contributed by atoms with Crippen LogP contribution in [0.3, 0.4) is 0 Å². The van der Waals surface area contributed by atoms with E-state index in [1.807, 2.05) is 13.8 Å². The molecule has 1 amide bonds. The summed E-state index contributed by atoms with van der Waals surface area (Å²) in [6.07, 6.45) is 0. The summed E-state index contributed by atoms with van der Waals surface area (Å²) in [7, 11) is 1.70. The Morgan fingerprint density at radius 3 is 2.17 bits per heavy atom. The zero-order valence-electron chi connectivity index (χ0n) is 14.2. The highest BCUT2D eigenvalue weighted by Crippen LogP contribution is 2.27. The van der Waals surface area contributed by atoms with Gasteiger partial charge in [0, 0.05) is 19.2 Å². The van der Waals surface area contributed by atoms with Crippen LogP contribution in [0.25, 0.3) is 0 Å². The number of hydrogen-bond donors (Lipinski definition) is 1. The summed E-state index contributed by atoms with van der Waals surface area (Å²) >= 11 is 0. The van der Waals surface area contributed by atoms with E-state index in [9.17, 15) is 13.6 Å². The molecule has 0 saturated heterocycles. The lowest BCUT2D eigenvalue weighted by molar-refractivity contribution is -0.0507. The number of hydrogen-bond acceptors (Lipinski definition) is 3. The maximum absolute atomic E-state index is 12.5. The number of nitrogens with two attached hydrogens (primary N) is 1. The molecule has 1 rings (SSSR count). The summed E-state index contributed by atoms with van der Waals surface area (Å²) in [5, 5.41) is 0. The average molecular weight is 351 g/mol. The lowest BCUT2D eigenvalue weighted by Gasteiger charge is -2.29. The Hall–Kier alpha value is -1.40. The van der Waals surface area contributed by atoms with E-state index in [0.29, 0.717) is 29.8 Å². The lowest BCUT2D eigenvalue weighted by atomic mass is 9.93. The molecule has 23 heavy (non-hydrogen) atoms. The Balaban J connectivity index is 0.00000484. The van der Waals surface area contributed by atoms with E-state index in [1.165, 1.54) is 0 Å². The number of carbonyl (C=O) groups is 1. The van der Waals surface area contributed by atoms with Crippen LogP contribution in [-0.2, 0) is 0 Å². The Labute approximate surface area is 142 Å². The van der Waals surface area contributed by atoms with E-state index in [0.717, 1.165) is 0 Å². The molecule has 132 valence electrons. The third kappa shape index (κ3) is 5.95. The first-order valence-electron chi connectivity index (χ1n) is 7.09. The summed E-state index contributed by atoms with van der Waals surface area (Å²) in [6.45, 7) is 5.34. The summed E-state index contributed by atoms with van der Waals surface area (Å²) in [5.74, 6) is -0.0483. The first kappa shape index (κ1) is 21.6. The highest BCUT2D eigenvalue weighted by Gasteiger charge is 2.23. The van der Waals surface area contributed by atoms with Gasteiger partial charge in [0.05, 0.1) is 0 Å². The van der Waals surface area contributed by atoms with E-state index < -0.39 is 6.61 Å². The molecule has 7 heteroatoms. The topological polar surface area (TPSA) is 55.6 Å². The van der Waals surface area contributed by atoms with Crippen LogP contribution in [0.1, 0.15) is 35.3 Å². The van der Waals surface area contributed by atoms with Crippen molar-refractivity contribution in [1.29, 1.82) is 0 Å². The van der Waals surface area contributed by atoms with E-state index in [1.54, 1.807) is 37.9 Å². The van der Waals surface area contributed by atoms with Gasteiger partial charge in [-0.2, -0.15) is 8.78 Å². The predicted octanol–water partition coefficient (Wildman–Crippen LogP) is 3.38. The predicted molar refractivity (Wildman–Crippen MR) is 89.6 cm³/mol. The van der Waals surface area contributed by atoms with Crippen molar-refractivity contribution < 1.29 is 18.3 Å². The Bertz CT molecular complexity index is 528. The fourth-order valence-corrected chi connectivity index (χ4v) is 2.35. The molecule has 0 fully saturated rings. The molecule has 2 N–H and O–H groups in total. The van der Waals surface area contributed by atoms with Crippen molar-refractivity contribution >= 4 is 18.3 Å². The first-order chi connectivity index (χ1) is 10.1. The molecule has 0 aliphatic heterocycles. The van der Waals surface area contributed by atoms with Crippen LogP contribution in [0.5, 0.6) is 5.75 Å². The monoisotopic (exact) mass is 350 g/mol. The first-order valence-corrected chi connectivity index (χ1v) is 7.09. The standard InChI is InChI=1S/C16H24F2N2O2.ClH/c1-10-6-12(7-11(2)13(10)22-15(17)18)14(21)20(5)9-16(3,4)8-19;/h6-7,15H,8-9,19H2,1-5H3;1H. The third-order valence-electron chi connectivity index (χ3n) is 3.48. The maximum Gasteiger partial charge on any atom is 0.387 e. The van der Waals surface area contributed by atoms with Gasteiger partial charge in [-0.1, -0.05) is 13.8 Å². The number of aryl methyl sites for hydroxylation is 2. The molecular weight excluding hydrogens is 326 g/mol. The minimum atomic E-state index is -2.88. The summed E-state index contributed by atoms with van der Waals surface area (Å²) in [4.78, 5) is 14.1. The second kappa shape index (κ2) is 8.45. The maximum atomic E-state index is 12.5. The highest BCUT2D eigenvalue weighted by molar-refractivity contribution is 5.94. The van der Waals surface area contributed by atoms with Crippen LogP contribution in [-0.4, -0.2) is 37.6 Å². The smallest absolute Gasteiger partial charge is 0.387 e. The second-order valence-electron chi connectivity index (χ2n) is 6.35. The van der Waals surface area contributed by atoms with E-state index in [4.69, 9.17) is 5.73 Å². The molecule has 0 heterocycles. The van der Waals surface area contributed by atoms with Crippen molar-refractivity contribution in [3.05, 3.63) is 28.8 Å². The van der Waals surface area contributed by atoms with Crippen LogP contribution >= 0.6 is 12.4 Å². The van der Waals surface area contributed by atoms with E-state index >= 15 is 0 Å². The molecule has 0 aliphatic rings. The van der Waals surface area contributed by atoms with Crippen molar-refractivity contribution in [2.45, 2.75) is 34.3 Å². The zero-order chi connectivity index (χ0) is 17.1. The minimum Gasteiger partial charge on any atom is -0.434 e. The normalized spacial score (nSPS) is 11.2. The minimum absolute atomic E-state index is 0. The lowest BCUT2D eigenvalue weighted by Crippen LogP contribution is -2.39. The molecule has 0 atom stereocenters. The zero-order valence-corrected chi connectivity index (χ0v) is 15.0. The van der Waals surface area contributed by atoms with Crippen LogP contribution in [0.15, 0.2) is 12.1 Å². The van der Waals surface area contributed by atoms with Gasteiger partial charge in [-0.25, -0.2) is 0 Å². The molecule has 0 radical (unpaired) electrons.